The molecule has 4 N–H and O–H groups in total. The predicted octanol–water partition coefficient (Wildman–Crippen LogP) is 3.33. The summed E-state index contributed by atoms with van der Waals surface area (Å²) in [7, 11) is 11.8. The molecule has 155 valence electrons. The maximum absolute atomic E-state index is 13.4. The molecule has 32 heavy (non-hydrogen) atoms. The Morgan fingerprint density at radius 1 is 1.09 bits per heavy atom. The van der Waals surface area contributed by atoms with Gasteiger partial charge in [0.2, 0.25) is 0 Å². The first-order chi connectivity index (χ1) is 15.4. The maximum atomic E-state index is 13.4. The standard InChI is InChI=1S/C22H16B2ClFN5O/c23-12-1-5-18(27)20(7-12)31-21(24)10-32-14-3-6-19-15(9-14)22(29-11-28-19)30-13-2-4-17(26)16(25)8-13/h1-9,11,31H,10,27H2,(H,28,29,30). The molecule has 10 heteroatoms. The molecule has 0 unspecified atom stereocenters. The van der Waals surface area contributed by atoms with Gasteiger partial charge in [-0.2, -0.15) is 0 Å². The number of nitrogens with two attached hydrogens (primary N) is 1. The zero-order valence-electron chi connectivity index (χ0n) is 16.8. The quantitative estimate of drug-likeness (QED) is 0.301. The minimum atomic E-state index is -0.497. The summed E-state index contributed by atoms with van der Waals surface area (Å²) in [5.74, 6) is 0.575. The topological polar surface area (TPSA) is 85.1 Å². The molecule has 3 radical (unpaired) electrons. The van der Waals surface area contributed by atoms with Gasteiger partial charge >= 0.3 is 187 Å². The van der Waals surface area contributed by atoms with E-state index in [1.54, 1.807) is 42.5 Å². The van der Waals surface area contributed by atoms with Gasteiger partial charge in [0, 0.05) is 0 Å². The van der Waals surface area contributed by atoms with Crippen LogP contribution in [0.2, 0.25) is 5.02 Å². The van der Waals surface area contributed by atoms with Crippen molar-refractivity contribution in [3.8, 4) is 5.75 Å². The summed E-state index contributed by atoms with van der Waals surface area (Å²) in [5, 5.41) is 6.84. The summed E-state index contributed by atoms with van der Waals surface area (Å²) in [4.78, 5) is 8.55. The number of anilines is 4. The fraction of sp³-hybridized carbons (Fsp3) is 0.0455. The van der Waals surface area contributed by atoms with E-state index >= 15 is 0 Å². The van der Waals surface area contributed by atoms with Crippen LogP contribution in [0.5, 0.6) is 5.75 Å². The van der Waals surface area contributed by atoms with Crippen LogP contribution in [0, 0.1) is 5.82 Å². The molecule has 0 atom stereocenters. The van der Waals surface area contributed by atoms with Gasteiger partial charge in [0.25, 0.3) is 0 Å². The van der Waals surface area contributed by atoms with Crippen molar-refractivity contribution in [2.75, 3.05) is 23.0 Å². The Labute approximate surface area is 191 Å². The normalized spacial score (nSPS) is 10.7. The number of hydrogen-bond donors (Lipinski definition) is 3. The van der Waals surface area contributed by atoms with Crippen molar-refractivity contribution < 1.29 is 9.13 Å². The number of halogens is 2. The van der Waals surface area contributed by atoms with Gasteiger partial charge in [0.05, 0.1) is 0 Å². The van der Waals surface area contributed by atoms with Gasteiger partial charge in [-0.15, -0.1) is 0 Å². The van der Waals surface area contributed by atoms with Gasteiger partial charge in [0.15, 0.2) is 0 Å². The molecule has 1 aromatic heterocycles. The summed E-state index contributed by atoms with van der Waals surface area (Å²) in [5.41, 5.74) is 9.24. The Hall–Kier alpha value is -3.58. The van der Waals surface area contributed by atoms with E-state index in [0.29, 0.717) is 50.6 Å². The van der Waals surface area contributed by atoms with Crippen LogP contribution in [0.4, 0.5) is 27.3 Å². The molecular formula is C22H16B2ClFN5O. The van der Waals surface area contributed by atoms with E-state index in [1.807, 2.05) is 0 Å². The molecule has 0 aliphatic rings. The molecule has 0 saturated heterocycles. The van der Waals surface area contributed by atoms with Crippen LogP contribution in [0.15, 0.2) is 60.9 Å². The summed E-state index contributed by atoms with van der Waals surface area (Å²) in [6.45, 7) is 0.0871. The number of fused-ring (bicyclic) bond motifs is 1. The van der Waals surface area contributed by atoms with E-state index < -0.39 is 5.82 Å². The van der Waals surface area contributed by atoms with E-state index in [4.69, 9.17) is 37.4 Å². The number of nitrogen functional groups attached to an aromatic ring is 1. The third-order valence-electron chi connectivity index (χ3n) is 4.56. The number of ether oxygens (including phenoxy) is 1. The first-order valence-corrected chi connectivity index (χ1v) is 9.90. The average Bonchev–Trinajstić information content (AvgIpc) is 2.77. The SMILES string of the molecule is [B]c1ccc(N)c(NC(=[B])COc2ccc3ncnc(Nc4ccc(F)c(Cl)c4)c3c2)c1. The fourth-order valence-electron chi connectivity index (χ4n) is 2.99. The number of aromatic nitrogens is 2. The van der Waals surface area contributed by atoms with Crippen LogP contribution in [-0.4, -0.2) is 37.5 Å². The third-order valence-corrected chi connectivity index (χ3v) is 4.85. The summed E-state index contributed by atoms with van der Waals surface area (Å²) in [6.07, 6.45) is 1.43. The molecule has 1 heterocycles. The second-order valence-corrected chi connectivity index (χ2v) is 7.35. The molecule has 0 aliphatic heterocycles. The fourth-order valence-corrected chi connectivity index (χ4v) is 3.17. The third kappa shape index (κ3) is 5.00. The Bertz CT molecular complexity index is 1320. The number of nitrogens with one attached hydrogen (secondary N) is 2. The second-order valence-electron chi connectivity index (χ2n) is 6.94. The monoisotopic (exact) mass is 442 g/mol. The van der Waals surface area contributed by atoms with E-state index in [1.165, 1.54) is 18.5 Å². The van der Waals surface area contributed by atoms with Crippen LogP contribution in [0.25, 0.3) is 10.9 Å². The van der Waals surface area contributed by atoms with E-state index in [-0.39, 0.29) is 11.6 Å². The van der Waals surface area contributed by atoms with E-state index in [0.717, 1.165) is 0 Å². The molecule has 0 aliphatic carbocycles. The van der Waals surface area contributed by atoms with Crippen molar-refractivity contribution in [3.05, 3.63) is 71.8 Å². The predicted molar refractivity (Wildman–Crippen MR) is 130 cm³/mol. The Morgan fingerprint density at radius 3 is 2.75 bits per heavy atom. The molecule has 3 aromatic carbocycles. The van der Waals surface area contributed by atoms with Gasteiger partial charge < -0.3 is 0 Å². The average molecular weight is 442 g/mol. The molecule has 0 fully saturated rings. The van der Waals surface area contributed by atoms with Gasteiger partial charge in [-0.1, -0.05) is 0 Å². The minimum absolute atomic E-state index is 0.0108. The number of rotatable bonds is 7. The van der Waals surface area contributed by atoms with Gasteiger partial charge in [-0.05, 0) is 0 Å². The summed E-state index contributed by atoms with van der Waals surface area (Å²) < 4.78 is 19.2. The van der Waals surface area contributed by atoms with Crippen molar-refractivity contribution in [3.63, 3.8) is 0 Å². The van der Waals surface area contributed by atoms with Gasteiger partial charge in [-0.3, -0.25) is 0 Å². The first-order valence-electron chi connectivity index (χ1n) is 9.52. The first kappa shape index (κ1) is 21.6. The van der Waals surface area contributed by atoms with Crippen LogP contribution >= 0.6 is 11.6 Å². The number of nitrogens with zero attached hydrogens (tertiary/aromatic N) is 2. The molecule has 0 bridgehead atoms. The van der Waals surface area contributed by atoms with Crippen LogP contribution in [-0.2, 0) is 0 Å². The van der Waals surface area contributed by atoms with Gasteiger partial charge in [-0.25, -0.2) is 4.39 Å². The Morgan fingerprint density at radius 2 is 1.94 bits per heavy atom. The molecular weight excluding hydrogens is 426 g/mol. The molecule has 4 aromatic rings. The zero-order valence-corrected chi connectivity index (χ0v) is 17.5. The Kier molecular flexibility index (Phi) is 6.28. The molecule has 0 amide bonds. The molecule has 6 nitrogen and oxygen atoms in total. The Balaban J connectivity index is 1.50. The van der Waals surface area contributed by atoms with Crippen molar-refractivity contribution in [1.29, 1.82) is 0 Å². The molecule has 0 saturated carbocycles. The zero-order chi connectivity index (χ0) is 22.7. The van der Waals surface area contributed by atoms with Crippen molar-refractivity contribution in [2.45, 2.75) is 0 Å². The second kappa shape index (κ2) is 9.28. The van der Waals surface area contributed by atoms with Crippen molar-refractivity contribution in [1.82, 2.24) is 9.97 Å². The van der Waals surface area contributed by atoms with Crippen LogP contribution in [0.1, 0.15) is 0 Å². The molecule has 4 rings (SSSR count). The number of benzene rings is 3. The summed E-state index contributed by atoms with van der Waals surface area (Å²) >= 11 is 5.87. The molecule has 0 spiro atoms. The van der Waals surface area contributed by atoms with Gasteiger partial charge in [0.1, 0.15) is 0 Å². The van der Waals surface area contributed by atoms with Crippen LogP contribution < -0.4 is 26.6 Å². The van der Waals surface area contributed by atoms with E-state index in [2.05, 4.69) is 20.6 Å². The van der Waals surface area contributed by atoms with Crippen molar-refractivity contribution >= 4 is 71.8 Å². The number of hydrogen-bond acceptors (Lipinski definition) is 6. The summed E-state index contributed by atoms with van der Waals surface area (Å²) in [6, 6.07) is 14.8. The van der Waals surface area contributed by atoms with Crippen molar-refractivity contribution in [2.24, 2.45) is 0 Å². The van der Waals surface area contributed by atoms with Crippen LogP contribution in [0.3, 0.4) is 0 Å². The van der Waals surface area contributed by atoms with E-state index in [9.17, 15) is 4.39 Å².